The van der Waals surface area contributed by atoms with Gasteiger partial charge in [-0.05, 0) is 49.1 Å². The van der Waals surface area contributed by atoms with Gasteiger partial charge in [0, 0.05) is 38.9 Å². The summed E-state index contributed by atoms with van der Waals surface area (Å²) in [7, 11) is 0. The molecule has 0 aliphatic carbocycles. The van der Waals surface area contributed by atoms with E-state index in [1.807, 2.05) is 0 Å². The Bertz CT molecular complexity index is 924. The van der Waals surface area contributed by atoms with Gasteiger partial charge in [0.25, 0.3) is 5.91 Å². The Hall–Kier alpha value is -2.65. The summed E-state index contributed by atoms with van der Waals surface area (Å²) in [6.07, 6.45) is 0.639. The summed E-state index contributed by atoms with van der Waals surface area (Å²) >= 11 is 0. The quantitative estimate of drug-likeness (QED) is 0.706. The van der Waals surface area contributed by atoms with Crippen LogP contribution < -0.4 is 10.2 Å². The van der Waals surface area contributed by atoms with Crippen molar-refractivity contribution in [3.8, 4) is 0 Å². The van der Waals surface area contributed by atoms with Crippen molar-refractivity contribution in [2.75, 3.05) is 50.8 Å². The van der Waals surface area contributed by atoms with Crippen LogP contribution in [0.15, 0.2) is 42.6 Å². The molecule has 2 fully saturated rings. The van der Waals surface area contributed by atoms with Gasteiger partial charge in [-0.15, -0.1) is 0 Å². The molecule has 1 aromatic carbocycles. The zero-order valence-electron chi connectivity index (χ0n) is 18.5. The number of anilines is 1. The Balaban J connectivity index is 1.51. The molecular formula is C24H29F3N4O2. The van der Waals surface area contributed by atoms with E-state index in [1.54, 1.807) is 18.3 Å². The van der Waals surface area contributed by atoms with Gasteiger partial charge in [0.05, 0.1) is 30.4 Å². The Morgan fingerprint density at radius 2 is 1.73 bits per heavy atom. The molecule has 1 N–H and O–H groups in total. The van der Waals surface area contributed by atoms with Crippen LogP contribution in [0.25, 0.3) is 0 Å². The molecule has 9 heteroatoms. The maximum Gasteiger partial charge on any atom is 0.416 e. The smallest absolute Gasteiger partial charge is 0.379 e. The van der Waals surface area contributed by atoms with E-state index in [0.29, 0.717) is 37.7 Å². The molecule has 6 nitrogen and oxygen atoms in total. The van der Waals surface area contributed by atoms with Gasteiger partial charge < -0.3 is 15.0 Å². The first-order valence-electron chi connectivity index (χ1n) is 11.4. The van der Waals surface area contributed by atoms with E-state index in [-0.39, 0.29) is 18.5 Å². The number of morpholine rings is 1. The van der Waals surface area contributed by atoms with Gasteiger partial charge in [0.2, 0.25) is 0 Å². The van der Waals surface area contributed by atoms with Gasteiger partial charge in [-0.25, -0.2) is 4.98 Å². The van der Waals surface area contributed by atoms with Crippen molar-refractivity contribution in [2.45, 2.75) is 31.5 Å². The first-order chi connectivity index (χ1) is 15.9. The van der Waals surface area contributed by atoms with Crippen LogP contribution in [0.2, 0.25) is 0 Å². The van der Waals surface area contributed by atoms with Crippen molar-refractivity contribution >= 4 is 11.7 Å². The van der Waals surface area contributed by atoms with Crippen LogP contribution in [-0.2, 0) is 10.9 Å². The minimum Gasteiger partial charge on any atom is -0.379 e. The number of hydrogen-bond donors (Lipinski definition) is 1. The van der Waals surface area contributed by atoms with E-state index in [9.17, 15) is 18.0 Å². The van der Waals surface area contributed by atoms with Crippen molar-refractivity contribution in [2.24, 2.45) is 0 Å². The number of benzene rings is 1. The second kappa shape index (κ2) is 10.5. The Labute approximate surface area is 191 Å². The number of carbonyl (C=O) groups is 1. The third kappa shape index (κ3) is 5.83. The van der Waals surface area contributed by atoms with Crippen molar-refractivity contribution in [1.82, 2.24) is 15.2 Å². The first-order valence-corrected chi connectivity index (χ1v) is 11.4. The van der Waals surface area contributed by atoms with E-state index in [1.165, 1.54) is 18.6 Å². The normalized spacial score (nSPS) is 18.7. The lowest BCUT2D eigenvalue weighted by Gasteiger charge is -2.35. The number of amides is 1. The minimum absolute atomic E-state index is 0.228. The number of piperidine rings is 1. The fourth-order valence-electron chi connectivity index (χ4n) is 4.46. The lowest BCUT2D eigenvalue weighted by Crippen LogP contribution is -2.44. The lowest BCUT2D eigenvalue weighted by atomic mass is 10.0. The zero-order chi connectivity index (χ0) is 23.3. The van der Waals surface area contributed by atoms with E-state index < -0.39 is 11.7 Å². The van der Waals surface area contributed by atoms with Gasteiger partial charge in [0.15, 0.2) is 0 Å². The monoisotopic (exact) mass is 462 g/mol. The average molecular weight is 463 g/mol. The summed E-state index contributed by atoms with van der Waals surface area (Å²) in [4.78, 5) is 21.9. The number of ether oxygens (including phenoxy) is 1. The first kappa shape index (κ1) is 23.5. The van der Waals surface area contributed by atoms with Crippen LogP contribution in [0, 0.1) is 0 Å². The molecule has 4 rings (SSSR count). The number of carbonyl (C=O) groups excluding carboxylic acids is 1. The number of hydrogen-bond acceptors (Lipinski definition) is 5. The van der Waals surface area contributed by atoms with Crippen LogP contribution in [0.5, 0.6) is 0 Å². The molecule has 3 heterocycles. The highest BCUT2D eigenvalue weighted by atomic mass is 19.4. The predicted octanol–water partition coefficient (Wildman–Crippen LogP) is 3.89. The van der Waals surface area contributed by atoms with E-state index in [0.717, 1.165) is 43.6 Å². The number of nitrogens with zero attached hydrogens (tertiary/aromatic N) is 3. The second-order valence-corrected chi connectivity index (χ2v) is 8.42. The van der Waals surface area contributed by atoms with Gasteiger partial charge >= 0.3 is 6.18 Å². The number of rotatable bonds is 6. The van der Waals surface area contributed by atoms with Crippen LogP contribution in [0.1, 0.15) is 46.8 Å². The highest BCUT2D eigenvalue weighted by molar-refractivity contribution is 5.98. The Morgan fingerprint density at radius 1 is 1.03 bits per heavy atom. The number of aromatic nitrogens is 1. The molecule has 1 amide bonds. The van der Waals surface area contributed by atoms with Gasteiger partial charge in [0.1, 0.15) is 5.82 Å². The molecule has 0 bridgehead atoms. The largest absolute Gasteiger partial charge is 0.416 e. The Kier molecular flexibility index (Phi) is 7.49. The molecule has 0 radical (unpaired) electrons. The summed E-state index contributed by atoms with van der Waals surface area (Å²) in [5.41, 5.74) is 0.567. The van der Waals surface area contributed by atoms with Crippen LogP contribution in [-0.4, -0.2) is 61.7 Å². The molecule has 33 heavy (non-hydrogen) atoms. The van der Waals surface area contributed by atoms with Crippen LogP contribution in [0.4, 0.5) is 19.0 Å². The Morgan fingerprint density at radius 3 is 2.39 bits per heavy atom. The maximum atomic E-state index is 13.1. The van der Waals surface area contributed by atoms with Gasteiger partial charge in [-0.3, -0.25) is 9.69 Å². The van der Waals surface area contributed by atoms with Crippen LogP contribution in [0.3, 0.4) is 0 Å². The van der Waals surface area contributed by atoms with E-state index in [4.69, 9.17) is 4.74 Å². The van der Waals surface area contributed by atoms with Crippen molar-refractivity contribution < 1.29 is 22.7 Å². The molecule has 2 aliphatic heterocycles. The molecule has 2 saturated heterocycles. The van der Waals surface area contributed by atoms with Gasteiger partial charge in [-0.1, -0.05) is 12.1 Å². The maximum absolute atomic E-state index is 13.1. The van der Waals surface area contributed by atoms with E-state index >= 15 is 0 Å². The number of halogens is 3. The molecule has 178 valence electrons. The highest BCUT2D eigenvalue weighted by Crippen LogP contribution is 2.31. The fraction of sp³-hybridized carbons (Fsp3) is 0.500. The van der Waals surface area contributed by atoms with Gasteiger partial charge in [-0.2, -0.15) is 13.2 Å². The second-order valence-electron chi connectivity index (χ2n) is 8.42. The fourth-order valence-corrected chi connectivity index (χ4v) is 4.46. The van der Waals surface area contributed by atoms with E-state index in [2.05, 4.69) is 20.1 Å². The molecular weight excluding hydrogens is 433 g/mol. The molecule has 1 atom stereocenters. The average Bonchev–Trinajstić information content (AvgIpc) is 2.85. The zero-order valence-corrected chi connectivity index (χ0v) is 18.5. The molecule has 0 saturated carbocycles. The van der Waals surface area contributed by atoms with Crippen molar-refractivity contribution in [1.29, 1.82) is 0 Å². The molecule has 2 aromatic rings. The lowest BCUT2D eigenvalue weighted by molar-refractivity contribution is -0.137. The summed E-state index contributed by atoms with van der Waals surface area (Å²) in [5, 5.41) is 3.01. The third-order valence-corrected chi connectivity index (χ3v) is 6.25. The highest BCUT2D eigenvalue weighted by Gasteiger charge is 2.31. The van der Waals surface area contributed by atoms with Crippen LogP contribution >= 0.6 is 0 Å². The number of pyridine rings is 1. The summed E-state index contributed by atoms with van der Waals surface area (Å²) in [6.45, 7) is 4.41. The minimum atomic E-state index is -4.38. The standard InChI is InChI=1S/C24H29F3N4O2/c25-24(26,27)19-8-6-18(7-9-19)21(30-13-15-33-16-14-30)17-29-23(32)20-5-4-10-28-22(20)31-11-2-1-3-12-31/h4-10,21H,1-3,11-17H2,(H,29,32). The predicted molar refractivity (Wildman–Crippen MR) is 119 cm³/mol. The topological polar surface area (TPSA) is 57.7 Å². The summed E-state index contributed by atoms with van der Waals surface area (Å²) in [6, 6.07) is 8.46. The number of alkyl halides is 3. The molecule has 1 unspecified atom stereocenters. The third-order valence-electron chi connectivity index (χ3n) is 6.25. The molecule has 2 aliphatic rings. The molecule has 0 spiro atoms. The summed E-state index contributed by atoms with van der Waals surface area (Å²) in [5.74, 6) is 0.459. The molecule has 1 aromatic heterocycles. The SMILES string of the molecule is O=C(NCC(c1ccc(C(F)(F)F)cc1)N1CCOCC1)c1cccnc1N1CCCCC1. The van der Waals surface area contributed by atoms with Crippen molar-refractivity contribution in [3.05, 3.63) is 59.3 Å². The van der Waals surface area contributed by atoms with Crippen molar-refractivity contribution in [3.63, 3.8) is 0 Å². The summed E-state index contributed by atoms with van der Waals surface area (Å²) < 4.78 is 44.5. The number of nitrogens with one attached hydrogen (secondary N) is 1.